The minimum Gasteiger partial charge on any atom is -0.373 e. The first-order valence-corrected chi connectivity index (χ1v) is 8.88. The monoisotopic (exact) mass is 309 g/mol. The summed E-state index contributed by atoms with van der Waals surface area (Å²) in [4.78, 5) is 4.55. The second-order valence-corrected chi connectivity index (χ2v) is 6.60. The van der Waals surface area contributed by atoms with Crippen LogP contribution in [0.5, 0.6) is 0 Å². The molecule has 0 bridgehead atoms. The van der Waals surface area contributed by atoms with Crippen molar-refractivity contribution in [3.8, 4) is 0 Å². The van der Waals surface area contributed by atoms with Crippen molar-refractivity contribution in [2.45, 2.75) is 58.0 Å². The first-order valence-electron chi connectivity index (χ1n) is 8.88. The van der Waals surface area contributed by atoms with E-state index in [2.05, 4.69) is 56.1 Å². The van der Waals surface area contributed by atoms with E-state index >= 15 is 0 Å². The van der Waals surface area contributed by atoms with Crippen molar-refractivity contribution >= 4 is 0 Å². The molecule has 3 rings (SSSR count). The molecule has 0 fully saturated rings. The van der Waals surface area contributed by atoms with Crippen LogP contribution in [0.4, 0.5) is 0 Å². The number of ether oxygens (including phenoxy) is 1. The number of hydrogen-bond donors (Lipinski definition) is 0. The molecule has 1 aliphatic rings. The normalized spacial score (nSPS) is 18.8. The lowest BCUT2D eigenvalue weighted by molar-refractivity contribution is 0.0462. The Balaban J connectivity index is 1.69. The average molecular weight is 309 g/mol. The van der Waals surface area contributed by atoms with Crippen LogP contribution in [0.25, 0.3) is 0 Å². The number of nitrogens with zero attached hydrogens (tertiary/aromatic N) is 1. The van der Waals surface area contributed by atoms with Crippen molar-refractivity contribution in [1.29, 1.82) is 0 Å². The summed E-state index contributed by atoms with van der Waals surface area (Å²) in [7, 11) is 0. The number of aromatic nitrogens is 1. The summed E-state index contributed by atoms with van der Waals surface area (Å²) in [5, 5.41) is 0. The molecule has 0 N–H and O–H groups in total. The fraction of sp³-hybridized carbons (Fsp3) is 0.476. The molecule has 0 spiro atoms. The number of hydrogen-bond acceptors (Lipinski definition) is 2. The fourth-order valence-electron chi connectivity index (χ4n) is 3.63. The Morgan fingerprint density at radius 3 is 2.74 bits per heavy atom. The van der Waals surface area contributed by atoms with Crippen molar-refractivity contribution in [1.82, 2.24) is 4.98 Å². The van der Waals surface area contributed by atoms with Crippen LogP contribution < -0.4 is 0 Å². The van der Waals surface area contributed by atoms with E-state index in [1.165, 1.54) is 22.4 Å². The third-order valence-electron chi connectivity index (χ3n) is 5.09. The average Bonchev–Trinajstić information content (AvgIpc) is 2.57. The van der Waals surface area contributed by atoms with Gasteiger partial charge in [0.25, 0.3) is 0 Å². The van der Waals surface area contributed by atoms with Crippen LogP contribution in [0.15, 0.2) is 42.6 Å². The lowest BCUT2D eigenvalue weighted by atomic mass is 9.80. The summed E-state index contributed by atoms with van der Waals surface area (Å²) in [6.45, 7) is 7.46. The summed E-state index contributed by atoms with van der Waals surface area (Å²) < 4.78 is 5.74. The van der Waals surface area contributed by atoms with Gasteiger partial charge in [-0.2, -0.15) is 0 Å². The molecule has 1 aromatic heterocycles. The second-order valence-electron chi connectivity index (χ2n) is 6.60. The zero-order chi connectivity index (χ0) is 16.2. The maximum absolute atomic E-state index is 5.74. The molecule has 0 radical (unpaired) electrons. The van der Waals surface area contributed by atoms with Crippen LogP contribution in [-0.4, -0.2) is 11.6 Å². The lowest BCUT2D eigenvalue weighted by Gasteiger charge is -2.31. The predicted molar refractivity (Wildman–Crippen MR) is 94.8 cm³/mol. The molecule has 122 valence electrons. The van der Waals surface area contributed by atoms with Crippen LogP contribution in [-0.2, 0) is 11.2 Å². The highest BCUT2D eigenvalue weighted by Crippen LogP contribution is 2.39. The molecule has 0 saturated carbocycles. The SMILES string of the molecule is CCOC1Cc2cc(C(C)CC(CC)c3ccccn3)ccc21. The minimum absolute atomic E-state index is 0.330. The van der Waals surface area contributed by atoms with E-state index in [0.29, 0.717) is 17.9 Å². The summed E-state index contributed by atoms with van der Waals surface area (Å²) >= 11 is 0. The maximum atomic E-state index is 5.74. The summed E-state index contributed by atoms with van der Waals surface area (Å²) in [5.74, 6) is 1.09. The van der Waals surface area contributed by atoms with Gasteiger partial charge in [-0.3, -0.25) is 4.98 Å². The molecule has 1 aliphatic carbocycles. The molecule has 0 aliphatic heterocycles. The fourth-order valence-corrected chi connectivity index (χ4v) is 3.63. The van der Waals surface area contributed by atoms with Crippen molar-refractivity contribution in [3.63, 3.8) is 0 Å². The van der Waals surface area contributed by atoms with E-state index in [1.807, 2.05) is 12.3 Å². The van der Waals surface area contributed by atoms with Gasteiger partial charge in [-0.25, -0.2) is 0 Å². The number of rotatable bonds is 7. The Bertz CT molecular complexity index is 638. The second kappa shape index (κ2) is 7.27. The quantitative estimate of drug-likeness (QED) is 0.683. The molecule has 2 nitrogen and oxygen atoms in total. The van der Waals surface area contributed by atoms with E-state index in [9.17, 15) is 0 Å². The van der Waals surface area contributed by atoms with Gasteiger partial charge in [-0.1, -0.05) is 38.1 Å². The molecular weight excluding hydrogens is 282 g/mol. The first kappa shape index (κ1) is 16.2. The van der Waals surface area contributed by atoms with E-state index < -0.39 is 0 Å². The first-order chi connectivity index (χ1) is 11.2. The van der Waals surface area contributed by atoms with E-state index in [1.54, 1.807) is 0 Å². The van der Waals surface area contributed by atoms with Gasteiger partial charge >= 0.3 is 0 Å². The predicted octanol–water partition coefficient (Wildman–Crippen LogP) is 5.40. The Morgan fingerprint density at radius 1 is 1.22 bits per heavy atom. The molecule has 0 amide bonds. The zero-order valence-electron chi connectivity index (χ0n) is 14.5. The molecule has 2 aromatic rings. The van der Waals surface area contributed by atoms with Gasteiger partial charge in [-0.05, 0) is 54.5 Å². The largest absolute Gasteiger partial charge is 0.373 e. The van der Waals surface area contributed by atoms with Crippen LogP contribution >= 0.6 is 0 Å². The number of benzene rings is 1. The maximum Gasteiger partial charge on any atom is 0.0867 e. The van der Waals surface area contributed by atoms with Crippen molar-refractivity contribution in [2.24, 2.45) is 0 Å². The molecular formula is C21H27NO. The van der Waals surface area contributed by atoms with Crippen molar-refractivity contribution < 1.29 is 4.74 Å². The third kappa shape index (κ3) is 3.48. The number of pyridine rings is 1. The Morgan fingerprint density at radius 2 is 2.09 bits per heavy atom. The molecule has 1 aromatic carbocycles. The van der Waals surface area contributed by atoms with Gasteiger partial charge in [0.2, 0.25) is 0 Å². The van der Waals surface area contributed by atoms with Crippen LogP contribution in [0.2, 0.25) is 0 Å². The van der Waals surface area contributed by atoms with E-state index in [4.69, 9.17) is 4.74 Å². The van der Waals surface area contributed by atoms with E-state index in [-0.39, 0.29) is 0 Å². The zero-order valence-corrected chi connectivity index (χ0v) is 14.5. The third-order valence-corrected chi connectivity index (χ3v) is 5.09. The highest BCUT2D eigenvalue weighted by molar-refractivity contribution is 5.42. The molecule has 23 heavy (non-hydrogen) atoms. The van der Waals surface area contributed by atoms with Gasteiger partial charge in [0.05, 0.1) is 6.10 Å². The smallest absolute Gasteiger partial charge is 0.0867 e. The van der Waals surface area contributed by atoms with Gasteiger partial charge in [0.15, 0.2) is 0 Å². The molecule has 3 unspecified atom stereocenters. The highest BCUT2D eigenvalue weighted by atomic mass is 16.5. The topological polar surface area (TPSA) is 22.1 Å². The van der Waals surface area contributed by atoms with Crippen LogP contribution in [0, 0.1) is 0 Å². The van der Waals surface area contributed by atoms with Gasteiger partial charge < -0.3 is 4.74 Å². The molecule has 1 heterocycles. The summed E-state index contributed by atoms with van der Waals surface area (Å²) in [6, 6.07) is 13.2. The van der Waals surface area contributed by atoms with Gasteiger partial charge in [0.1, 0.15) is 0 Å². The van der Waals surface area contributed by atoms with Crippen LogP contribution in [0.3, 0.4) is 0 Å². The Kier molecular flexibility index (Phi) is 5.12. The van der Waals surface area contributed by atoms with Gasteiger partial charge in [-0.15, -0.1) is 0 Å². The Labute approximate surface area is 139 Å². The molecule has 3 atom stereocenters. The molecule has 0 saturated heterocycles. The summed E-state index contributed by atoms with van der Waals surface area (Å²) in [5.41, 5.74) is 5.54. The van der Waals surface area contributed by atoms with E-state index in [0.717, 1.165) is 25.9 Å². The number of fused-ring (bicyclic) bond motifs is 1. The molecule has 2 heteroatoms. The van der Waals surface area contributed by atoms with Crippen molar-refractivity contribution in [2.75, 3.05) is 6.61 Å². The highest BCUT2D eigenvalue weighted by Gasteiger charge is 2.27. The Hall–Kier alpha value is -1.67. The lowest BCUT2D eigenvalue weighted by Crippen LogP contribution is -2.20. The van der Waals surface area contributed by atoms with Crippen molar-refractivity contribution in [3.05, 3.63) is 65.0 Å². The minimum atomic E-state index is 0.330. The summed E-state index contributed by atoms with van der Waals surface area (Å²) in [6.07, 6.45) is 5.60. The standard InChI is InChI=1S/C21H27NO/c1-4-16(20-8-6-7-11-22-20)12-15(3)17-9-10-19-18(13-17)14-21(19)23-5-2/h6-11,13,15-16,21H,4-5,12,14H2,1-3H3. The van der Waals surface area contributed by atoms with Crippen LogP contribution in [0.1, 0.15) is 73.9 Å². The van der Waals surface area contributed by atoms with Gasteiger partial charge in [0, 0.05) is 30.8 Å².